The summed E-state index contributed by atoms with van der Waals surface area (Å²) in [6.45, 7) is 0. The van der Waals surface area contributed by atoms with Gasteiger partial charge in [0.15, 0.2) is 5.78 Å². The Morgan fingerprint density at radius 3 is 1.94 bits per heavy atom. The molecule has 0 fully saturated rings. The Labute approximate surface area is 224 Å². The zero-order chi connectivity index (χ0) is 24.7. The molecule has 190 valence electrons. The second kappa shape index (κ2) is 16.1. The molecular weight excluding hydrogens is 488 g/mol. The first kappa shape index (κ1) is 28.6. The van der Waals surface area contributed by atoms with Gasteiger partial charge in [-0.25, -0.2) is 12.1 Å². The normalized spacial score (nSPS) is 10.2. The van der Waals surface area contributed by atoms with Crippen molar-refractivity contribution >= 4 is 23.4 Å². The fourth-order valence-corrected chi connectivity index (χ4v) is 3.59. The Balaban J connectivity index is 0.000000256. The fraction of sp³-hybridized carbons (Fsp3) is 0.156. The Kier molecular flexibility index (Phi) is 12.9. The van der Waals surface area contributed by atoms with Crippen LogP contribution in [0.25, 0.3) is 6.08 Å². The van der Waals surface area contributed by atoms with Gasteiger partial charge in [0, 0.05) is 29.1 Å². The van der Waals surface area contributed by atoms with Gasteiger partial charge in [0.1, 0.15) is 5.78 Å². The van der Waals surface area contributed by atoms with E-state index in [4.69, 9.17) is 0 Å². The molecule has 0 aromatic heterocycles. The van der Waals surface area contributed by atoms with Crippen LogP contribution in [0.3, 0.4) is 0 Å². The number of unbranched alkanes of at least 4 members (excludes halogenated alkanes) is 2. The van der Waals surface area contributed by atoms with Gasteiger partial charge in [0.25, 0.3) is 0 Å². The van der Waals surface area contributed by atoms with Gasteiger partial charge in [-0.15, -0.1) is 0 Å². The van der Waals surface area contributed by atoms with Gasteiger partial charge in [-0.1, -0.05) is 78.2 Å². The summed E-state index contributed by atoms with van der Waals surface area (Å²) in [5.41, 5.74) is 3.35. The van der Waals surface area contributed by atoms with Crippen LogP contribution in [0.15, 0.2) is 115 Å². The molecule has 3 nitrogen and oxygen atoms in total. The van der Waals surface area contributed by atoms with E-state index >= 15 is 0 Å². The molecule has 4 aromatic rings. The van der Waals surface area contributed by atoms with Crippen LogP contribution in [0.4, 0.5) is 0 Å². The Hall–Kier alpha value is -3.59. The molecule has 0 saturated carbocycles. The van der Waals surface area contributed by atoms with Crippen molar-refractivity contribution in [1.82, 2.24) is 0 Å². The van der Waals surface area contributed by atoms with E-state index in [9.17, 15) is 14.4 Å². The largest absolute Gasteiger partial charge is 0.645 e. The number of Topliss-reactive ketones (excluding diaryl/α,β-unsaturated/α-hetero) is 2. The van der Waals surface area contributed by atoms with Gasteiger partial charge in [-0.3, -0.25) is 4.79 Å². The number of ketones is 3. The second-order valence-electron chi connectivity index (χ2n) is 8.23. The van der Waals surface area contributed by atoms with Gasteiger partial charge < -0.3 is 51.3 Å². The van der Waals surface area contributed by atoms with Crippen molar-refractivity contribution < 1.29 is 31.5 Å². The summed E-state index contributed by atoms with van der Waals surface area (Å²) in [5, 5.41) is 0. The standard InChI is InChI=1S/C18H19O2.C14H11O.Fe/c19-17(15-9-3-1-4-10-15)13-5-2-6-14-18(20)16-11-7-8-12-16;15-14(13-8-4-5-9-13)11-10-12-6-2-1-3-7-12;/h1,3-4,7-12H,2,5-6,13-14H2;1-11H;/q-1;-5;. The number of carbonyl (C=O) groups excluding carboxylic acids is 3. The Morgan fingerprint density at radius 2 is 1.31 bits per heavy atom. The minimum atomic E-state index is 0. The van der Waals surface area contributed by atoms with Crippen molar-refractivity contribution in [2.75, 3.05) is 0 Å². The van der Waals surface area contributed by atoms with Crippen molar-refractivity contribution in [3.05, 3.63) is 138 Å². The maximum absolute atomic E-state index is 11.9. The molecular formula is C32H30FeO3-6. The summed E-state index contributed by atoms with van der Waals surface area (Å²) in [6.07, 6.45) is 7.19. The number of rotatable bonds is 11. The number of benzene rings is 2. The first-order chi connectivity index (χ1) is 17.1. The second-order valence-corrected chi connectivity index (χ2v) is 8.23. The average molecular weight is 518 g/mol. The molecule has 0 amide bonds. The first-order valence-corrected chi connectivity index (χ1v) is 12.0. The molecule has 0 radical (unpaired) electrons. The third kappa shape index (κ3) is 9.95. The molecule has 0 saturated heterocycles. The van der Waals surface area contributed by atoms with Gasteiger partial charge in [0.2, 0.25) is 0 Å². The fourth-order valence-electron chi connectivity index (χ4n) is 3.59. The van der Waals surface area contributed by atoms with Crippen molar-refractivity contribution in [2.45, 2.75) is 32.1 Å². The van der Waals surface area contributed by atoms with E-state index in [1.165, 1.54) is 0 Å². The summed E-state index contributed by atoms with van der Waals surface area (Å²) in [6, 6.07) is 34.0. The van der Waals surface area contributed by atoms with Gasteiger partial charge in [-0.05, 0) is 19.3 Å². The van der Waals surface area contributed by atoms with Gasteiger partial charge in [-0.2, -0.15) is 18.2 Å². The van der Waals surface area contributed by atoms with E-state index in [0.29, 0.717) is 12.8 Å². The van der Waals surface area contributed by atoms with Crippen LogP contribution < -0.4 is 0 Å². The minimum absolute atomic E-state index is 0. The van der Waals surface area contributed by atoms with Crippen LogP contribution in [0.1, 0.15) is 68.7 Å². The predicted octanol–water partition coefficient (Wildman–Crippen LogP) is 7.72. The maximum atomic E-state index is 11.9. The number of carbonyl (C=O) groups is 3. The first-order valence-electron chi connectivity index (χ1n) is 12.0. The molecule has 0 atom stereocenters. The Bertz CT molecular complexity index is 1190. The third-order valence-corrected chi connectivity index (χ3v) is 5.56. The van der Waals surface area contributed by atoms with Crippen molar-refractivity contribution in [2.24, 2.45) is 0 Å². The number of hydrogen-bond acceptors (Lipinski definition) is 3. The summed E-state index contributed by atoms with van der Waals surface area (Å²) < 4.78 is 0. The number of hydrogen-bond donors (Lipinski definition) is 0. The van der Waals surface area contributed by atoms with Gasteiger partial charge in [0.05, 0.1) is 0 Å². The Morgan fingerprint density at radius 1 is 0.722 bits per heavy atom. The van der Waals surface area contributed by atoms with Crippen molar-refractivity contribution in [3.63, 3.8) is 0 Å². The van der Waals surface area contributed by atoms with Gasteiger partial charge >= 0.3 is 0 Å². The SMILES string of the molecule is O=C(C=Cc1ccccc1)[c-]1[cH-][cH-][cH-][cH-]1.O=C(CCCCCC(=O)[c-]1cccc1)c1ccccc1.[Fe]. The molecule has 0 spiro atoms. The molecule has 0 bridgehead atoms. The van der Waals surface area contributed by atoms with E-state index in [1.807, 2.05) is 115 Å². The summed E-state index contributed by atoms with van der Waals surface area (Å²) in [5.74, 6) is 0.432. The maximum Gasteiger partial charge on any atom is 0.162 e. The smallest absolute Gasteiger partial charge is 0.162 e. The van der Waals surface area contributed by atoms with E-state index in [1.54, 1.807) is 6.08 Å². The summed E-state index contributed by atoms with van der Waals surface area (Å²) >= 11 is 0. The van der Waals surface area contributed by atoms with E-state index in [-0.39, 0.29) is 34.4 Å². The molecule has 0 heterocycles. The topological polar surface area (TPSA) is 51.2 Å². The van der Waals surface area contributed by atoms with Crippen molar-refractivity contribution in [1.29, 1.82) is 0 Å². The quantitative estimate of drug-likeness (QED) is 0.0672. The van der Waals surface area contributed by atoms with Crippen LogP contribution in [0.5, 0.6) is 0 Å². The number of allylic oxidation sites excluding steroid dienone is 1. The molecule has 4 aromatic carbocycles. The molecule has 0 aliphatic heterocycles. The van der Waals surface area contributed by atoms with Crippen LogP contribution >= 0.6 is 0 Å². The zero-order valence-corrected chi connectivity index (χ0v) is 21.3. The molecule has 0 unspecified atom stereocenters. The molecule has 0 N–H and O–H groups in total. The molecule has 36 heavy (non-hydrogen) atoms. The monoisotopic (exact) mass is 518 g/mol. The van der Waals surface area contributed by atoms with Crippen LogP contribution in [-0.4, -0.2) is 17.3 Å². The molecule has 0 aliphatic rings. The summed E-state index contributed by atoms with van der Waals surface area (Å²) in [7, 11) is 0. The van der Waals surface area contributed by atoms with E-state index in [2.05, 4.69) is 0 Å². The third-order valence-electron chi connectivity index (χ3n) is 5.56. The van der Waals surface area contributed by atoms with Crippen LogP contribution in [0.2, 0.25) is 0 Å². The van der Waals surface area contributed by atoms with Crippen LogP contribution in [-0.2, 0) is 17.1 Å². The molecule has 0 aliphatic carbocycles. The zero-order valence-electron chi connectivity index (χ0n) is 20.2. The van der Waals surface area contributed by atoms with E-state index in [0.717, 1.165) is 41.5 Å². The van der Waals surface area contributed by atoms with Crippen LogP contribution in [0, 0.1) is 0 Å². The summed E-state index contributed by atoms with van der Waals surface area (Å²) in [4.78, 5) is 35.2. The predicted molar refractivity (Wildman–Crippen MR) is 142 cm³/mol. The minimum Gasteiger partial charge on any atom is -0.645 e. The molecule has 4 heteroatoms. The average Bonchev–Trinajstić information content (AvgIpc) is 3.63. The van der Waals surface area contributed by atoms with E-state index < -0.39 is 0 Å². The molecule has 4 rings (SSSR count). The van der Waals surface area contributed by atoms with Crippen molar-refractivity contribution in [3.8, 4) is 0 Å².